The van der Waals surface area contributed by atoms with Crippen LogP contribution >= 0.6 is 37.0 Å². The minimum Gasteiger partial charge on any atom is -0.143 e. The van der Waals surface area contributed by atoms with Crippen LogP contribution in [-0.2, 0) is 0 Å². The van der Waals surface area contributed by atoms with E-state index in [1.165, 1.54) is 23.5 Å². The Balaban J connectivity index is 1.62. The molecule has 2 aliphatic carbocycles. The van der Waals surface area contributed by atoms with Crippen molar-refractivity contribution in [2.45, 2.75) is 27.5 Å². The number of hydrogen-bond acceptors (Lipinski definition) is 3. The van der Waals surface area contributed by atoms with E-state index >= 15 is 0 Å². The summed E-state index contributed by atoms with van der Waals surface area (Å²) in [6.07, 6.45) is 7.63. The van der Waals surface area contributed by atoms with Crippen molar-refractivity contribution in [2.24, 2.45) is 17.8 Å². The number of thioether (sulfide) groups is 1. The maximum Gasteiger partial charge on any atom is 0.00941 e. The van der Waals surface area contributed by atoms with Crippen LogP contribution in [0.15, 0.2) is 45.0 Å². The molecule has 0 radical (unpaired) electrons. The second kappa shape index (κ2) is 4.94. The topological polar surface area (TPSA) is 0 Å². The Morgan fingerprint density at radius 1 is 1.06 bits per heavy atom. The molecule has 17 heavy (non-hydrogen) atoms. The van der Waals surface area contributed by atoms with E-state index in [1.807, 2.05) is 17.8 Å². The van der Waals surface area contributed by atoms with Crippen molar-refractivity contribution in [3.8, 4) is 0 Å². The Morgan fingerprint density at radius 2 is 1.82 bits per heavy atom. The smallest absolute Gasteiger partial charge is 0.00941 e. The molecule has 3 heteroatoms. The molecule has 3 atom stereocenters. The lowest BCUT2D eigenvalue weighted by Gasteiger charge is -2.17. The fourth-order valence-corrected chi connectivity index (χ4v) is 4.98. The molecular weight excluding hydrogens is 264 g/mol. The van der Waals surface area contributed by atoms with E-state index in [2.05, 4.69) is 49.5 Å². The van der Waals surface area contributed by atoms with Gasteiger partial charge in [0.2, 0.25) is 0 Å². The second-order valence-electron chi connectivity index (χ2n) is 5.04. The highest BCUT2D eigenvalue weighted by molar-refractivity contribution is 7.99. The van der Waals surface area contributed by atoms with Crippen molar-refractivity contribution in [1.29, 1.82) is 0 Å². The zero-order valence-electron chi connectivity index (χ0n) is 9.54. The third-order valence-corrected chi connectivity index (χ3v) is 5.44. The van der Waals surface area contributed by atoms with Gasteiger partial charge < -0.3 is 0 Å². The zero-order valence-corrected chi connectivity index (χ0v) is 12.1. The highest BCUT2D eigenvalue weighted by Gasteiger charge is 2.35. The monoisotopic (exact) mass is 280 g/mol. The van der Waals surface area contributed by atoms with Crippen molar-refractivity contribution in [3.63, 3.8) is 0 Å². The predicted molar refractivity (Wildman–Crippen MR) is 80.5 cm³/mol. The molecule has 3 rings (SSSR count). The summed E-state index contributed by atoms with van der Waals surface area (Å²) in [6, 6.07) is 6.25. The molecule has 1 aromatic carbocycles. The van der Waals surface area contributed by atoms with Crippen molar-refractivity contribution < 1.29 is 0 Å². The lowest BCUT2D eigenvalue weighted by molar-refractivity contribution is 0.502. The molecule has 0 spiro atoms. The fourth-order valence-electron chi connectivity index (χ4n) is 2.94. The fraction of sp³-hybridized carbons (Fsp3) is 0.429. The van der Waals surface area contributed by atoms with Crippen LogP contribution < -0.4 is 0 Å². The van der Waals surface area contributed by atoms with E-state index < -0.39 is 0 Å². The van der Waals surface area contributed by atoms with Crippen LogP contribution in [0.25, 0.3) is 0 Å². The second-order valence-corrected chi connectivity index (χ2v) is 7.16. The highest BCUT2D eigenvalue weighted by Crippen LogP contribution is 2.45. The number of benzene rings is 1. The first kappa shape index (κ1) is 12.1. The van der Waals surface area contributed by atoms with Gasteiger partial charge in [-0.05, 0) is 48.8 Å². The molecule has 2 unspecified atom stereocenters. The van der Waals surface area contributed by atoms with Crippen LogP contribution in [0.1, 0.15) is 12.8 Å². The number of thiol groups is 2. The van der Waals surface area contributed by atoms with Crippen LogP contribution in [0.3, 0.4) is 0 Å². The third kappa shape index (κ3) is 2.72. The molecule has 1 saturated carbocycles. The zero-order chi connectivity index (χ0) is 11.8. The molecule has 0 N–H and O–H groups in total. The molecule has 0 amide bonds. The Kier molecular flexibility index (Phi) is 3.51. The van der Waals surface area contributed by atoms with E-state index in [0.717, 1.165) is 27.5 Å². The van der Waals surface area contributed by atoms with Crippen LogP contribution in [0, 0.1) is 17.8 Å². The number of fused-ring (bicyclic) bond motifs is 2. The van der Waals surface area contributed by atoms with Gasteiger partial charge >= 0.3 is 0 Å². The first-order chi connectivity index (χ1) is 8.20. The summed E-state index contributed by atoms with van der Waals surface area (Å²) in [5, 5.41) is 0. The summed E-state index contributed by atoms with van der Waals surface area (Å²) < 4.78 is 0. The van der Waals surface area contributed by atoms with Gasteiger partial charge in [0.15, 0.2) is 0 Å². The minimum atomic E-state index is 0.849. The van der Waals surface area contributed by atoms with E-state index in [1.54, 1.807) is 0 Å². The van der Waals surface area contributed by atoms with Gasteiger partial charge in [-0.3, -0.25) is 0 Å². The van der Waals surface area contributed by atoms with Crippen LogP contribution in [0.2, 0.25) is 0 Å². The molecule has 0 aromatic heterocycles. The molecule has 0 saturated heterocycles. The van der Waals surface area contributed by atoms with Gasteiger partial charge in [0.05, 0.1) is 0 Å². The Hall–Kier alpha value is 0.01000. The lowest BCUT2D eigenvalue weighted by atomic mass is 9.96. The van der Waals surface area contributed by atoms with E-state index in [0.29, 0.717) is 0 Å². The summed E-state index contributed by atoms with van der Waals surface area (Å²) in [7, 11) is 0. The van der Waals surface area contributed by atoms with E-state index in [9.17, 15) is 0 Å². The minimum absolute atomic E-state index is 0.849. The van der Waals surface area contributed by atoms with E-state index in [4.69, 9.17) is 0 Å². The molecule has 0 aliphatic heterocycles. The lowest BCUT2D eigenvalue weighted by Crippen LogP contribution is -2.09. The van der Waals surface area contributed by atoms with Gasteiger partial charge in [-0.15, -0.1) is 37.0 Å². The van der Waals surface area contributed by atoms with Gasteiger partial charge in [-0.25, -0.2) is 0 Å². The average Bonchev–Trinajstić information content (AvgIpc) is 2.86. The molecule has 2 bridgehead atoms. The van der Waals surface area contributed by atoms with Crippen molar-refractivity contribution in [2.75, 3.05) is 5.75 Å². The maximum absolute atomic E-state index is 4.40. The van der Waals surface area contributed by atoms with Crippen molar-refractivity contribution in [3.05, 3.63) is 30.4 Å². The van der Waals surface area contributed by atoms with Crippen molar-refractivity contribution in [1.82, 2.24) is 0 Å². The van der Waals surface area contributed by atoms with Gasteiger partial charge in [0.25, 0.3) is 0 Å². The summed E-state index contributed by atoms with van der Waals surface area (Å²) in [5.41, 5.74) is 0. The molecular formula is C14H16S3. The molecule has 1 fully saturated rings. The van der Waals surface area contributed by atoms with Gasteiger partial charge in [-0.2, -0.15) is 0 Å². The predicted octanol–water partition coefficient (Wildman–Crippen LogP) is 4.57. The summed E-state index contributed by atoms with van der Waals surface area (Å²) in [5.74, 6) is 3.84. The summed E-state index contributed by atoms with van der Waals surface area (Å²) in [4.78, 5) is 3.31. The molecule has 90 valence electrons. The van der Waals surface area contributed by atoms with Crippen LogP contribution in [-0.4, -0.2) is 5.75 Å². The normalized spacial score (nSPS) is 30.1. The Morgan fingerprint density at radius 3 is 2.41 bits per heavy atom. The van der Waals surface area contributed by atoms with Gasteiger partial charge in [-0.1, -0.05) is 12.2 Å². The summed E-state index contributed by atoms with van der Waals surface area (Å²) >= 11 is 10.7. The Labute approximate surface area is 118 Å². The maximum atomic E-state index is 4.40. The van der Waals surface area contributed by atoms with E-state index in [-0.39, 0.29) is 0 Å². The number of hydrogen-bond donors (Lipinski definition) is 2. The standard InChI is InChI=1S/C14H16S3/c15-12-5-13(16)7-14(6-12)17-8-11-4-9-1-2-10(11)3-9/h1-2,5-7,9-11,15-16H,3-4,8H2/t9?,10-,11?/m1/s1. The Bertz CT molecular complexity index is 433. The first-order valence-corrected chi connectivity index (χ1v) is 7.93. The highest BCUT2D eigenvalue weighted by atomic mass is 32.2. The molecule has 2 aliphatic rings. The first-order valence-electron chi connectivity index (χ1n) is 6.05. The number of rotatable bonds is 3. The molecule has 1 aromatic rings. The average molecular weight is 280 g/mol. The largest absolute Gasteiger partial charge is 0.143 e. The summed E-state index contributed by atoms with van der Waals surface area (Å²) in [6.45, 7) is 0. The van der Waals surface area contributed by atoms with Crippen LogP contribution in [0.4, 0.5) is 0 Å². The third-order valence-electron chi connectivity index (χ3n) is 3.76. The molecule has 0 heterocycles. The van der Waals surface area contributed by atoms with Crippen LogP contribution in [0.5, 0.6) is 0 Å². The SMILES string of the molecule is Sc1cc(S)cc(SCC2CC3C=C[C@@H]2C3)c1. The van der Waals surface area contributed by atoms with Crippen molar-refractivity contribution >= 4 is 37.0 Å². The van der Waals surface area contributed by atoms with Gasteiger partial charge in [0, 0.05) is 20.4 Å². The quantitative estimate of drug-likeness (QED) is 0.465. The number of allylic oxidation sites excluding steroid dienone is 2. The van der Waals surface area contributed by atoms with Gasteiger partial charge in [0.1, 0.15) is 0 Å². The molecule has 0 nitrogen and oxygen atoms in total.